The lowest BCUT2D eigenvalue weighted by Gasteiger charge is -2.45. The summed E-state index contributed by atoms with van der Waals surface area (Å²) in [6.45, 7) is 14.6. The van der Waals surface area contributed by atoms with Crippen LogP contribution in [0.5, 0.6) is 0 Å². The highest BCUT2D eigenvalue weighted by Gasteiger charge is 2.58. The monoisotopic (exact) mass is 435 g/mol. The summed E-state index contributed by atoms with van der Waals surface area (Å²) in [6, 6.07) is 8.89. The Morgan fingerprint density at radius 1 is 1.03 bits per heavy atom. The molecule has 1 aromatic carbocycles. The first-order valence-corrected chi connectivity index (χ1v) is 10.5. The van der Waals surface area contributed by atoms with Gasteiger partial charge in [0, 0.05) is 0 Å². The summed E-state index contributed by atoms with van der Waals surface area (Å²) >= 11 is 0. The zero-order valence-corrected chi connectivity index (χ0v) is 19.2. The van der Waals surface area contributed by atoms with Crippen LogP contribution in [-0.2, 0) is 16.1 Å². The van der Waals surface area contributed by atoms with E-state index in [4.69, 9.17) is 0 Å². The van der Waals surface area contributed by atoms with Crippen LogP contribution in [0.25, 0.3) is 0 Å². The molecular weight excluding hydrogens is 402 g/mol. The SMILES string of the molecule is C=CCC1(C(C)C)C(=O)N(CC[NH+](CC)CC)C(=O)N(Cc2ccccc2)C1=O.[Cl-]. The molecule has 1 N–H and O–H groups in total. The average molecular weight is 436 g/mol. The Balaban J connectivity index is 0.00000450. The van der Waals surface area contributed by atoms with Crippen LogP contribution in [0.2, 0.25) is 0 Å². The van der Waals surface area contributed by atoms with Crippen LogP contribution in [0.1, 0.15) is 39.7 Å². The summed E-state index contributed by atoms with van der Waals surface area (Å²) in [5.74, 6) is -1.06. The van der Waals surface area contributed by atoms with Crippen LogP contribution in [0, 0.1) is 11.3 Å². The number of hydrogen-bond donors (Lipinski definition) is 1. The van der Waals surface area contributed by atoms with Gasteiger partial charge in [-0.25, -0.2) is 4.79 Å². The molecule has 4 amide bonds. The molecule has 1 atom stereocenters. The molecule has 1 aromatic rings. The first-order valence-electron chi connectivity index (χ1n) is 10.5. The number of likely N-dealkylation sites (N-methyl/N-ethyl adjacent to an activating group) is 1. The Morgan fingerprint density at radius 2 is 1.60 bits per heavy atom. The van der Waals surface area contributed by atoms with Crippen LogP contribution in [0.3, 0.4) is 0 Å². The summed E-state index contributed by atoms with van der Waals surface area (Å²) in [5.41, 5.74) is -0.433. The predicted octanol–water partition coefficient (Wildman–Crippen LogP) is -0.875. The third kappa shape index (κ3) is 4.93. The number of allylic oxidation sites excluding steroid dienone is 1. The third-order valence-corrected chi connectivity index (χ3v) is 6.04. The van der Waals surface area contributed by atoms with Gasteiger partial charge in [-0.3, -0.25) is 19.4 Å². The van der Waals surface area contributed by atoms with E-state index < -0.39 is 23.3 Å². The molecule has 1 heterocycles. The van der Waals surface area contributed by atoms with Crippen molar-refractivity contribution in [2.75, 3.05) is 26.2 Å². The Kier molecular flexibility index (Phi) is 9.72. The molecule has 0 saturated carbocycles. The maximum absolute atomic E-state index is 13.5. The van der Waals surface area contributed by atoms with E-state index in [1.165, 1.54) is 14.7 Å². The molecular formula is C23H34ClN3O3. The van der Waals surface area contributed by atoms with E-state index in [2.05, 4.69) is 20.4 Å². The van der Waals surface area contributed by atoms with E-state index in [0.717, 1.165) is 18.7 Å². The Bertz CT molecular complexity index is 749. The standard InChI is InChI=1S/C23H33N3O3.ClH/c1-6-14-23(18(4)5)20(27)25(16-15-24(7-2)8-3)22(29)26(21(23)28)17-19-12-10-9-11-13-19;/h6,9-13,18H,1,7-8,14-17H2,2-5H3;1H. The van der Waals surface area contributed by atoms with E-state index >= 15 is 0 Å². The van der Waals surface area contributed by atoms with Gasteiger partial charge in [0.25, 0.3) is 0 Å². The minimum absolute atomic E-state index is 0. The lowest BCUT2D eigenvalue weighted by atomic mass is 9.70. The molecule has 0 aromatic heterocycles. The second kappa shape index (κ2) is 11.3. The highest BCUT2D eigenvalue weighted by atomic mass is 35.5. The quantitative estimate of drug-likeness (QED) is 0.383. The molecule has 1 aliphatic heterocycles. The predicted molar refractivity (Wildman–Crippen MR) is 113 cm³/mol. The van der Waals surface area contributed by atoms with Gasteiger partial charge in [-0.1, -0.05) is 50.3 Å². The van der Waals surface area contributed by atoms with Crippen LogP contribution in [0.4, 0.5) is 4.79 Å². The molecule has 1 unspecified atom stereocenters. The van der Waals surface area contributed by atoms with Gasteiger partial charge in [-0.05, 0) is 31.7 Å². The number of carbonyl (C=O) groups is 3. The lowest BCUT2D eigenvalue weighted by Crippen LogP contribution is -3.12. The average Bonchev–Trinajstić information content (AvgIpc) is 2.72. The second-order valence-electron chi connectivity index (χ2n) is 7.94. The van der Waals surface area contributed by atoms with Crippen molar-refractivity contribution in [2.45, 2.75) is 40.7 Å². The molecule has 1 saturated heterocycles. The van der Waals surface area contributed by atoms with Crippen molar-refractivity contribution >= 4 is 17.8 Å². The number of barbiturate groups is 1. The summed E-state index contributed by atoms with van der Waals surface area (Å²) in [7, 11) is 0. The van der Waals surface area contributed by atoms with Crippen LogP contribution in [0.15, 0.2) is 43.0 Å². The van der Waals surface area contributed by atoms with Crippen molar-refractivity contribution in [3.05, 3.63) is 48.6 Å². The molecule has 0 radical (unpaired) electrons. The summed E-state index contributed by atoms with van der Waals surface area (Å²) < 4.78 is 0. The highest BCUT2D eigenvalue weighted by molar-refractivity contribution is 6.19. The van der Waals surface area contributed by atoms with Gasteiger partial charge < -0.3 is 17.3 Å². The van der Waals surface area contributed by atoms with E-state index in [9.17, 15) is 14.4 Å². The molecule has 1 aliphatic rings. The Morgan fingerprint density at radius 3 is 2.10 bits per heavy atom. The van der Waals surface area contributed by atoms with Gasteiger partial charge in [0.1, 0.15) is 5.41 Å². The minimum atomic E-state index is -1.29. The largest absolute Gasteiger partial charge is 1.00 e. The maximum Gasteiger partial charge on any atom is 0.333 e. The molecule has 6 nitrogen and oxygen atoms in total. The molecule has 1 fully saturated rings. The van der Waals surface area contributed by atoms with Crippen molar-refractivity contribution in [2.24, 2.45) is 11.3 Å². The zero-order chi connectivity index (χ0) is 21.6. The summed E-state index contributed by atoms with van der Waals surface area (Å²) in [6.07, 6.45) is 1.83. The van der Waals surface area contributed by atoms with Gasteiger partial charge in [0.05, 0.1) is 32.7 Å². The lowest BCUT2D eigenvalue weighted by molar-refractivity contribution is -0.895. The fourth-order valence-electron chi connectivity index (χ4n) is 4.00. The second-order valence-corrected chi connectivity index (χ2v) is 7.94. The molecule has 0 bridgehead atoms. The molecule has 2 rings (SSSR count). The molecule has 7 heteroatoms. The van der Waals surface area contributed by atoms with E-state index in [1.807, 2.05) is 44.2 Å². The number of urea groups is 1. The van der Waals surface area contributed by atoms with Crippen molar-refractivity contribution in [1.29, 1.82) is 0 Å². The maximum atomic E-state index is 13.5. The van der Waals surface area contributed by atoms with Gasteiger partial charge in [0.15, 0.2) is 0 Å². The van der Waals surface area contributed by atoms with E-state index in [0.29, 0.717) is 13.1 Å². The van der Waals surface area contributed by atoms with Crippen molar-refractivity contribution in [3.8, 4) is 0 Å². The van der Waals surface area contributed by atoms with Crippen LogP contribution < -0.4 is 17.3 Å². The zero-order valence-electron chi connectivity index (χ0n) is 18.5. The van der Waals surface area contributed by atoms with Crippen LogP contribution >= 0.6 is 0 Å². The van der Waals surface area contributed by atoms with Gasteiger partial charge >= 0.3 is 6.03 Å². The fourth-order valence-corrected chi connectivity index (χ4v) is 4.00. The van der Waals surface area contributed by atoms with Gasteiger partial charge in [-0.2, -0.15) is 0 Å². The van der Waals surface area contributed by atoms with Crippen molar-refractivity contribution < 1.29 is 31.7 Å². The molecule has 166 valence electrons. The topological polar surface area (TPSA) is 62.1 Å². The van der Waals surface area contributed by atoms with Gasteiger partial charge in [-0.15, -0.1) is 6.58 Å². The van der Waals surface area contributed by atoms with Gasteiger partial charge in [0.2, 0.25) is 11.8 Å². The first kappa shape index (κ1) is 25.9. The smallest absolute Gasteiger partial charge is 0.333 e. The molecule has 0 spiro atoms. The summed E-state index contributed by atoms with van der Waals surface area (Å²) in [5, 5.41) is 0. The number of benzene rings is 1. The Labute approximate surface area is 186 Å². The first-order chi connectivity index (χ1) is 13.8. The number of nitrogens with zero attached hydrogens (tertiary/aromatic N) is 2. The number of amides is 4. The third-order valence-electron chi connectivity index (χ3n) is 6.04. The van der Waals surface area contributed by atoms with Crippen molar-refractivity contribution in [3.63, 3.8) is 0 Å². The number of nitrogens with one attached hydrogen (secondary N) is 1. The molecule has 30 heavy (non-hydrogen) atoms. The number of imide groups is 2. The Hall–Kier alpha value is -2.18. The van der Waals surface area contributed by atoms with Crippen LogP contribution in [-0.4, -0.2) is 53.8 Å². The summed E-state index contributed by atoms with van der Waals surface area (Å²) in [4.78, 5) is 44.1. The number of halogens is 1. The highest BCUT2D eigenvalue weighted by Crippen LogP contribution is 2.40. The normalized spacial score (nSPS) is 19.5. The van der Waals surface area contributed by atoms with Crippen molar-refractivity contribution in [1.82, 2.24) is 9.80 Å². The number of carbonyl (C=O) groups excluding carboxylic acids is 3. The minimum Gasteiger partial charge on any atom is -1.00 e. The van der Waals surface area contributed by atoms with E-state index in [-0.39, 0.29) is 31.3 Å². The fraction of sp³-hybridized carbons (Fsp3) is 0.522. The number of quaternary nitrogens is 1. The number of rotatable bonds is 10. The van der Waals surface area contributed by atoms with E-state index in [1.54, 1.807) is 6.08 Å². The molecule has 0 aliphatic carbocycles. The number of hydrogen-bond acceptors (Lipinski definition) is 3.